The summed E-state index contributed by atoms with van der Waals surface area (Å²) in [6, 6.07) is 15.2. The van der Waals surface area contributed by atoms with Crippen molar-refractivity contribution in [3.63, 3.8) is 0 Å². The summed E-state index contributed by atoms with van der Waals surface area (Å²) in [4.78, 5) is 1.34. The molecule has 0 fully saturated rings. The lowest BCUT2D eigenvalue weighted by Gasteiger charge is -2.13. The van der Waals surface area contributed by atoms with E-state index in [0.717, 1.165) is 5.75 Å². The normalized spacial score (nSPS) is 12.4. The summed E-state index contributed by atoms with van der Waals surface area (Å²) in [6.07, 6.45) is 0. The molecule has 100 valence electrons. The Hall–Kier alpha value is -1.25. The highest BCUT2D eigenvalue weighted by molar-refractivity contribution is 7.99. The molecule has 0 saturated heterocycles. The third kappa shape index (κ3) is 3.85. The van der Waals surface area contributed by atoms with Crippen LogP contribution in [0.1, 0.15) is 28.3 Å². The zero-order valence-electron chi connectivity index (χ0n) is 11.8. The molecule has 1 atom stereocenters. The van der Waals surface area contributed by atoms with Crippen molar-refractivity contribution >= 4 is 11.8 Å². The molecule has 2 aromatic carbocycles. The smallest absolute Gasteiger partial charge is 0.0390 e. The van der Waals surface area contributed by atoms with E-state index in [-0.39, 0.29) is 6.04 Å². The second-order valence-electron chi connectivity index (χ2n) is 5.10. The van der Waals surface area contributed by atoms with Crippen LogP contribution in [0.15, 0.2) is 47.4 Å². The highest BCUT2D eigenvalue weighted by Crippen LogP contribution is 2.27. The Kier molecular flexibility index (Phi) is 4.67. The lowest BCUT2D eigenvalue weighted by Crippen LogP contribution is -2.12. The summed E-state index contributed by atoms with van der Waals surface area (Å²) in [6.45, 7) is 6.38. The molecule has 0 aliphatic heterocycles. The highest BCUT2D eigenvalue weighted by Gasteiger charge is 2.07. The van der Waals surface area contributed by atoms with Gasteiger partial charge in [0.15, 0.2) is 0 Å². The molecule has 0 amide bonds. The van der Waals surface area contributed by atoms with Gasteiger partial charge in [0.05, 0.1) is 0 Å². The number of nitrogens with two attached hydrogens (primary N) is 1. The van der Waals surface area contributed by atoms with Gasteiger partial charge in [-0.1, -0.05) is 47.5 Å². The Labute approximate surface area is 120 Å². The van der Waals surface area contributed by atoms with Crippen LogP contribution in [0.4, 0.5) is 0 Å². The fourth-order valence-corrected chi connectivity index (χ4v) is 3.07. The highest BCUT2D eigenvalue weighted by atomic mass is 32.2. The van der Waals surface area contributed by atoms with Gasteiger partial charge in [0.25, 0.3) is 0 Å². The molecule has 0 aliphatic rings. The zero-order valence-corrected chi connectivity index (χ0v) is 12.6. The Balaban J connectivity index is 2.02. The summed E-state index contributed by atoms with van der Waals surface area (Å²) in [5.74, 6) is 0.910. The van der Waals surface area contributed by atoms with Crippen LogP contribution in [0.2, 0.25) is 0 Å². The van der Waals surface area contributed by atoms with Gasteiger partial charge in [-0.15, -0.1) is 11.8 Å². The number of hydrogen-bond donors (Lipinski definition) is 1. The average Bonchev–Trinajstić information content (AvgIpc) is 2.40. The second-order valence-corrected chi connectivity index (χ2v) is 6.16. The van der Waals surface area contributed by atoms with Crippen molar-refractivity contribution in [2.45, 2.75) is 31.7 Å². The molecular weight excluding hydrogens is 250 g/mol. The van der Waals surface area contributed by atoms with Crippen molar-refractivity contribution in [2.75, 3.05) is 5.75 Å². The molecule has 0 spiro atoms. The molecule has 2 aromatic rings. The first kappa shape index (κ1) is 14.2. The van der Waals surface area contributed by atoms with Crippen LogP contribution in [0.25, 0.3) is 0 Å². The maximum absolute atomic E-state index is 6.26. The fraction of sp³-hybridized carbons (Fsp3) is 0.294. The van der Waals surface area contributed by atoms with Gasteiger partial charge >= 0.3 is 0 Å². The first-order chi connectivity index (χ1) is 9.06. The average molecular weight is 271 g/mol. The predicted octanol–water partition coefficient (Wildman–Crippen LogP) is 4.40. The van der Waals surface area contributed by atoms with Gasteiger partial charge in [-0.05, 0) is 38.0 Å². The molecule has 1 unspecified atom stereocenters. The van der Waals surface area contributed by atoms with Crippen LogP contribution in [0, 0.1) is 20.8 Å². The molecular formula is C17H21NS. The van der Waals surface area contributed by atoms with E-state index in [2.05, 4.69) is 63.2 Å². The Morgan fingerprint density at radius 2 is 1.58 bits per heavy atom. The molecule has 0 saturated carbocycles. The number of hydrogen-bond acceptors (Lipinski definition) is 2. The maximum Gasteiger partial charge on any atom is 0.0390 e. The molecule has 0 radical (unpaired) electrons. The van der Waals surface area contributed by atoms with Crippen molar-refractivity contribution in [1.82, 2.24) is 0 Å². The van der Waals surface area contributed by atoms with E-state index >= 15 is 0 Å². The van der Waals surface area contributed by atoms with Crippen LogP contribution in [-0.4, -0.2) is 5.75 Å². The van der Waals surface area contributed by atoms with Gasteiger partial charge in [-0.25, -0.2) is 0 Å². The van der Waals surface area contributed by atoms with E-state index in [1.54, 1.807) is 0 Å². The van der Waals surface area contributed by atoms with Crippen molar-refractivity contribution in [2.24, 2.45) is 5.73 Å². The summed E-state index contributed by atoms with van der Waals surface area (Å²) < 4.78 is 0. The molecule has 2 rings (SSSR count). The predicted molar refractivity (Wildman–Crippen MR) is 84.7 cm³/mol. The largest absolute Gasteiger partial charge is 0.323 e. The van der Waals surface area contributed by atoms with Crippen LogP contribution < -0.4 is 5.73 Å². The number of aryl methyl sites for hydroxylation is 3. The Bertz CT molecular complexity index is 546. The minimum atomic E-state index is 0.0884. The topological polar surface area (TPSA) is 26.0 Å². The van der Waals surface area contributed by atoms with Crippen LogP contribution in [-0.2, 0) is 0 Å². The van der Waals surface area contributed by atoms with Gasteiger partial charge in [-0.3, -0.25) is 0 Å². The number of thioether (sulfide) groups is 1. The number of benzene rings is 2. The van der Waals surface area contributed by atoms with Crippen molar-refractivity contribution in [3.8, 4) is 0 Å². The summed E-state index contributed by atoms with van der Waals surface area (Å²) in [7, 11) is 0. The van der Waals surface area contributed by atoms with Crippen LogP contribution >= 0.6 is 11.8 Å². The van der Waals surface area contributed by atoms with Gasteiger partial charge in [0.2, 0.25) is 0 Å². The lowest BCUT2D eigenvalue weighted by molar-refractivity contribution is 0.830. The van der Waals surface area contributed by atoms with Gasteiger partial charge in [0.1, 0.15) is 0 Å². The molecule has 0 aliphatic carbocycles. The third-order valence-corrected chi connectivity index (χ3v) is 4.54. The van der Waals surface area contributed by atoms with Gasteiger partial charge < -0.3 is 5.73 Å². The first-order valence-corrected chi connectivity index (χ1v) is 7.57. The monoisotopic (exact) mass is 271 g/mol. The van der Waals surface area contributed by atoms with Crippen molar-refractivity contribution in [1.29, 1.82) is 0 Å². The Morgan fingerprint density at radius 3 is 2.26 bits per heavy atom. The van der Waals surface area contributed by atoms with Crippen LogP contribution in [0.5, 0.6) is 0 Å². The summed E-state index contributed by atoms with van der Waals surface area (Å²) in [5.41, 5.74) is 11.4. The molecule has 2 heteroatoms. The molecule has 19 heavy (non-hydrogen) atoms. The molecule has 0 heterocycles. The maximum atomic E-state index is 6.26. The lowest BCUT2D eigenvalue weighted by atomic mass is 10.1. The SMILES string of the molecule is Cc1ccc(C(N)CSc2cc(C)ccc2C)cc1. The van der Waals surface area contributed by atoms with Crippen molar-refractivity contribution < 1.29 is 0 Å². The minimum Gasteiger partial charge on any atom is -0.323 e. The molecule has 1 nitrogen and oxygen atoms in total. The summed E-state index contributed by atoms with van der Waals surface area (Å²) in [5, 5.41) is 0. The molecule has 2 N–H and O–H groups in total. The van der Waals surface area contributed by atoms with E-state index in [9.17, 15) is 0 Å². The second kappa shape index (κ2) is 6.27. The van der Waals surface area contributed by atoms with E-state index in [1.807, 2.05) is 11.8 Å². The van der Waals surface area contributed by atoms with E-state index in [1.165, 1.54) is 27.1 Å². The zero-order chi connectivity index (χ0) is 13.8. The summed E-state index contributed by atoms with van der Waals surface area (Å²) >= 11 is 1.84. The third-order valence-electron chi connectivity index (χ3n) is 3.27. The Morgan fingerprint density at radius 1 is 0.947 bits per heavy atom. The van der Waals surface area contributed by atoms with E-state index < -0.39 is 0 Å². The van der Waals surface area contributed by atoms with E-state index in [0.29, 0.717) is 0 Å². The molecule has 0 aromatic heterocycles. The van der Waals surface area contributed by atoms with E-state index in [4.69, 9.17) is 5.73 Å². The standard InChI is InChI=1S/C17H21NS/c1-12-5-8-15(9-6-12)16(18)11-19-17-10-13(2)4-7-14(17)3/h4-10,16H,11,18H2,1-3H3. The number of rotatable bonds is 4. The van der Waals surface area contributed by atoms with Crippen molar-refractivity contribution in [3.05, 3.63) is 64.7 Å². The fourth-order valence-electron chi connectivity index (χ4n) is 1.95. The minimum absolute atomic E-state index is 0.0884. The quantitative estimate of drug-likeness (QED) is 0.834. The van der Waals surface area contributed by atoms with Gasteiger partial charge in [-0.2, -0.15) is 0 Å². The molecule has 0 bridgehead atoms. The first-order valence-electron chi connectivity index (χ1n) is 6.58. The van der Waals surface area contributed by atoms with Crippen LogP contribution in [0.3, 0.4) is 0 Å². The van der Waals surface area contributed by atoms with Gasteiger partial charge in [0, 0.05) is 16.7 Å².